The van der Waals surface area contributed by atoms with Crippen molar-refractivity contribution >= 4 is 21.6 Å². The number of nitrogens with zero attached hydrogens (tertiary/aromatic N) is 2. The summed E-state index contributed by atoms with van der Waals surface area (Å²) in [5.41, 5.74) is 2.86. The van der Waals surface area contributed by atoms with E-state index in [0.29, 0.717) is 18.0 Å². The molecule has 1 aromatic rings. The van der Waals surface area contributed by atoms with Gasteiger partial charge in [-0.2, -0.15) is 5.26 Å². The topological polar surface area (TPSA) is 54.6 Å². The number of nitriles is 1. The fourth-order valence-electron chi connectivity index (χ4n) is 2.03. The molecule has 1 aliphatic heterocycles. The number of rotatable bonds is 3. The highest BCUT2D eigenvalue weighted by atomic mass is 79.9. The van der Waals surface area contributed by atoms with Crippen LogP contribution in [0.15, 0.2) is 17.1 Å². The van der Waals surface area contributed by atoms with Crippen molar-refractivity contribution in [3.63, 3.8) is 0 Å². The van der Waals surface area contributed by atoms with Gasteiger partial charge in [0.2, 0.25) is 0 Å². The lowest BCUT2D eigenvalue weighted by molar-refractivity contribution is 0.354. The van der Waals surface area contributed by atoms with Crippen LogP contribution in [0, 0.1) is 11.3 Å². The molecule has 18 heavy (non-hydrogen) atoms. The monoisotopic (exact) mass is 308 g/mol. The number of fused-ring (bicyclic) bond motifs is 1. The maximum absolute atomic E-state index is 9.01. The first kappa shape index (κ1) is 12.9. The van der Waals surface area contributed by atoms with Crippen molar-refractivity contribution in [2.45, 2.75) is 11.2 Å². The van der Waals surface area contributed by atoms with Crippen molar-refractivity contribution in [3.8, 4) is 17.6 Å². The molecule has 0 radical (unpaired) electrons. The summed E-state index contributed by atoms with van der Waals surface area (Å²) in [5, 5.41) is 9.01. The summed E-state index contributed by atoms with van der Waals surface area (Å²) in [6.45, 7) is 0.696. The average Bonchev–Trinajstić information content (AvgIpc) is 2.44. The second kappa shape index (κ2) is 5.40. The summed E-state index contributed by atoms with van der Waals surface area (Å²) in [7, 11) is 3.21. The van der Waals surface area contributed by atoms with Gasteiger partial charge in [0.25, 0.3) is 0 Å². The van der Waals surface area contributed by atoms with E-state index in [1.807, 2.05) is 12.1 Å². The molecular formula is C13H13BrN2O2. The van der Waals surface area contributed by atoms with Crippen LogP contribution in [0.2, 0.25) is 0 Å². The number of aliphatic imine (C=N–C) groups is 1. The third kappa shape index (κ3) is 2.21. The number of alkyl halides is 1. The molecule has 94 valence electrons. The SMILES string of the molecule is COc1cc2c(cc1OC)C(C(Br)C#N)=NCC2. The minimum absolute atomic E-state index is 0.394. The molecule has 0 saturated heterocycles. The van der Waals surface area contributed by atoms with Crippen LogP contribution in [-0.4, -0.2) is 31.3 Å². The van der Waals surface area contributed by atoms with Crippen LogP contribution in [0.25, 0.3) is 0 Å². The fraction of sp³-hybridized carbons (Fsp3) is 0.385. The standard InChI is InChI=1S/C13H13BrN2O2/c1-17-11-5-8-3-4-16-13(10(14)7-15)9(8)6-12(11)18-2/h5-6,10H,3-4H2,1-2H3. The quantitative estimate of drug-likeness (QED) is 0.805. The maximum atomic E-state index is 9.01. The molecule has 2 rings (SSSR count). The molecule has 1 heterocycles. The number of benzene rings is 1. The van der Waals surface area contributed by atoms with Gasteiger partial charge in [0, 0.05) is 12.1 Å². The minimum atomic E-state index is -0.394. The number of halogens is 1. The van der Waals surface area contributed by atoms with Crippen LogP contribution >= 0.6 is 15.9 Å². The summed E-state index contributed by atoms with van der Waals surface area (Å²) in [4.78, 5) is 4.03. The van der Waals surface area contributed by atoms with Crippen molar-refractivity contribution in [1.82, 2.24) is 0 Å². The fourth-order valence-corrected chi connectivity index (χ4v) is 2.42. The second-order valence-corrected chi connectivity index (χ2v) is 4.79. The van der Waals surface area contributed by atoms with Crippen molar-refractivity contribution < 1.29 is 9.47 Å². The zero-order valence-electron chi connectivity index (χ0n) is 10.2. The molecule has 4 nitrogen and oxygen atoms in total. The predicted octanol–water partition coefficient (Wildman–Crippen LogP) is 2.34. The van der Waals surface area contributed by atoms with Crippen LogP contribution in [0.5, 0.6) is 11.5 Å². The lowest BCUT2D eigenvalue weighted by atomic mass is 9.95. The van der Waals surface area contributed by atoms with Crippen LogP contribution < -0.4 is 9.47 Å². The first-order valence-electron chi connectivity index (χ1n) is 5.54. The highest BCUT2D eigenvalue weighted by Gasteiger charge is 2.22. The first-order chi connectivity index (χ1) is 8.71. The van der Waals surface area contributed by atoms with Gasteiger partial charge in [0.1, 0.15) is 4.83 Å². The second-order valence-electron chi connectivity index (χ2n) is 3.87. The van der Waals surface area contributed by atoms with Gasteiger partial charge in [-0.15, -0.1) is 0 Å². The highest BCUT2D eigenvalue weighted by Crippen LogP contribution is 2.33. The van der Waals surface area contributed by atoms with Gasteiger partial charge in [0.15, 0.2) is 11.5 Å². The molecule has 0 aliphatic carbocycles. The Hall–Kier alpha value is -1.54. The Bertz CT molecular complexity index is 535. The largest absolute Gasteiger partial charge is 0.493 e. The van der Waals surface area contributed by atoms with E-state index in [1.165, 1.54) is 0 Å². The maximum Gasteiger partial charge on any atom is 0.161 e. The van der Waals surface area contributed by atoms with Crippen LogP contribution in [0.4, 0.5) is 0 Å². The van der Waals surface area contributed by atoms with Crippen molar-refractivity contribution in [1.29, 1.82) is 5.26 Å². The van der Waals surface area contributed by atoms with Crippen LogP contribution in [0.1, 0.15) is 11.1 Å². The highest BCUT2D eigenvalue weighted by molar-refractivity contribution is 9.10. The third-order valence-corrected chi connectivity index (χ3v) is 3.54. The molecule has 0 aromatic heterocycles. The summed E-state index contributed by atoms with van der Waals surface area (Å²) in [6, 6.07) is 6.00. The van der Waals surface area contributed by atoms with Crippen LogP contribution in [-0.2, 0) is 6.42 Å². The number of hydrogen-bond donors (Lipinski definition) is 0. The molecule has 0 saturated carbocycles. The summed E-state index contributed by atoms with van der Waals surface area (Å²) in [6.07, 6.45) is 0.852. The Balaban J connectivity index is 2.54. The van der Waals surface area contributed by atoms with Gasteiger partial charge in [-0.05, 0) is 24.1 Å². The Labute approximate surface area is 114 Å². The van der Waals surface area contributed by atoms with E-state index >= 15 is 0 Å². The first-order valence-corrected chi connectivity index (χ1v) is 6.46. The smallest absolute Gasteiger partial charge is 0.161 e. The summed E-state index contributed by atoms with van der Waals surface area (Å²) >= 11 is 3.33. The predicted molar refractivity (Wildman–Crippen MR) is 73.0 cm³/mol. The molecular weight excluding hydrogens is 296 g/mol. The Morgan fingerprint density at radius 1 is 1.33 bits per heavy atom. The Morgan fingerprint density at radius 2 is 2.00 bits per heavy atom. The third-order valence-electron chi connectivity index (χ3n) is 2.90. The van der Waals surface area contributed by atoms with E-state index < -0.39 is 4.83 Å². The lowest BCUT2D eigenvalue weighted by Crippen LogP contribution is -2.21. The molecule has 0 N–H and O–H groups in total. The number of hydrogen-bond acceptors (Lipinski definition) is 4. The molecule has 0 amide bonds. The Morgan fingerprint density at radius 3 is 2.61 bits per heavy atom. The van der Waals surface area contributed by atoms with E-state index in [9.17, 15) is 0 Å². The minimum Gasteiger partial charge on any atom is -0.493 e. The molecule has 1 aromatic carbocycles. The van der Waals surface area contributed by atoms with Crippen LogP contribution in [0.3, 0.4) is 0 Å². The summed E-state index contributed by atoms with van der Waals surface area (Å²) in [5.74, 6) is 1.36. The van der Waals surface area contributed by atoms with E-state index in [2.05, 4.69) is 27.0 Å². The van der Waals surface area contributed by atoms with Gasteiger partial charge in [0.05, 0.1) is 26.0 Å². The molecule has 1 aliphatic rings. The van der Waals surface area contributed by atoms with Crippen molar-refractivity contribution in [2.75, 3.05) is 20.8 Å². The lowest BCUT2D eigenvalue weighted by Gasteiger charge is -2.20. The van der Waals surface area contributed by atoms with Gasteiger partial charge >= 0.3 is 0 Å². The van der Waals surface area contributed by atoms with Gasteiger partial charge in [-0.1, -0.05) is 15.9 Å². The average molecular weight is 309 g/mol. The zero-order chi connectivity index (χ0) is 13.1. The van der Waals surface area contributed by atoms with E-state index in [4.69, 9.17) is 14.7 Å². The molecule has 0 spiro atoms. The van der Waals surface area contributed by atoms with Gasteiger partial charge in [-0.3, -0.25) is 4.99 Å². The van der Waals surface area contributed by atoms with Gasteiger partial charge < -0.3 is 9.47 Å². The number of ether oxygens (including phenoxy) is 2. The van der Waals surface area contributed by atoms with E-state index in [1.54, 1.807) is 14.2 Å². The molecule has 5 heteroatoms. The molecule has 0 fully saturated rings. The molecule has 1 unspecified atom stereocenters. The summed E-state index contributed by atoms with van der Waals surface area (Å²) < 4.78 is 10.6. The van der Waals surface area contributed by atoms with E-state index in [-0.39, 0.29) is 0 Å². The molecule has 1 atom stereocenters. The van der Waals surface area contributed by atoms with Crippen molar-refractivity contribution in [3.05, 3.63) is 23.3 Å². The van der Waals surface area contributed by atoms with Crippen molar-refractivity contribution in [2.24, 2.45) is 4.99 Å². The number of methoxy groups -OCH3 is 2. The Kier molecular flexibility index (Phi) is 3.87. The van der Waals surface area contributed by atoms with Gasteiger partial charge in [-0.25, -0.2) is 0 Å². The normalized spacial score (nSPS) is 15.1. The molecule has 0 bridgehead atoms. The zero-order valence-corrected chi connectivity index (χ0v) is 11.8. The van der Waals surface area contributed by atoms with E-state index in [0.717, 1.165) is 23.3 Å².